The van der Waals surface area contributed by atoms with Crippen LogP contribution in [-0.2, 0) is 10.0 Å². The summed E-state index contributed by atoms with van der Waals surface area (Å²) in [4.78, 5) is 1.81. The van der Waals surface area contributed by atoms with E-state index < -0.39 is 22.1 Å². The van der Waals surface area contributed by atoms with Gasteiger partial charge in [-0.15, -0.1) is 13.2 Å². The molecule has 0 saturated carbocycles. The number of aromatic nitrogens is 1. The number of nitrogens with zero attached hydrogens (tertiary/aromatic N) is 2. The minimum absolute atomic E-state index is 0.285. The molecule has 0 atom stereocenters. The van der Waals surface area contributed by atoms with Crippen LogP contribution in [0.2, 0.25) is 0 Å². The van der Waals surface area contributed by atoms with Crippen molar-refractivity contribution in [3.05, 3.63) is 54.7 Å². The molecule has 6 nitrogen and oxygen atoms in total. The van der Waals surface area contributed by atoms with Crippen LogP contribution in [0.4, 0.5) is 18.9 Å². The number of halogens is 3. The van der Waals surface area contributed by atoms with Crippen molar-refractivity contribution in [2.45, 2.75) is 11.3 Å². The number of fused-ring (bicyclic) bond motifs is 1. The van der Waals surface area contributed by atoms with Crippen molar-refractivity contribution in [3.8, 4) is 5.75 Å². The summed E-state index contributed by atoms with van der Waals surface area (Å²) in [5.74, 6) is -0.586. The van der Waals surface area contributed by atoms with E-state index in [-0.39, 0.29) is 4.90 Å². The normalized spacial score (nSPS) is 15.6. The van der Waals surface area contributed by atoms with Crippen LogP contribution in [0.3, 0.4) is 0 Å². The lowest BCUT2D eigenvalue weighted by atomic mass is 10.2. The first-order valence-corrected chi connectivity index (χ1v) is 10.4. The highest BCUT2D eigenvalue weighted by atomic mass is 32.2. The molecule has 2 heterocycles. The predicted molar refractivity (Wildman–Crippen MR) is 103 cm³/mol. The maximum Gasteiger partial charge on any atom is 0.573 e. The molecule has 0 spiro atoms. The molecule has 154 valence electrons. The molecular formula is C19H18F3N3O3S. The van der Waals surface area contributed by atoms with Gasteiger partial charge in [0, 0.05) is 43.8 Å². The molecule has 1 fully saturated rings. The molecule has 29 heavy (non-hydrogen) atoms. The molecule has 1 aliphatic heterocycles. The molecule has 0 radical (unpaired) electrons. The lowest BCUT2D eigenvalue weighted by Crippen LogP contribution is -2.43. The summed E-state index contributed by atoms with van der Waals surface area (Å²) in [7, 11) is -4.13. The largest absolute Gasteiger partial charge is 0.573 e. The van der Waals surface area contributed by atoms with Crippen LogP contribution in [-0.4, -0.2) is 44.9 Å². The Balaban J connectivity index is 1.81. The van der Waals surface area contributed by atoms with Gasteiger partial charge in [0.1, 0.15) is 5.75 Å². The van der Waals surface area contributed by atoms with Gasteiger partial charge in [-0.2, -0.15) is 0 Å². The van der Waals surface area contributed by atoms with E-state index in [0.29, 0.717) is 5.52 Å². The number of hydrogen-bond donors (Lipinski definition) is 1. The standard InChI is InChI=1S/C19H18F3N3O3S/c20-19(21,22)28-14-4-3-5-15(12-14)29(26,27)25-13-18(24-10-8-23-9-11-24)16-6-1-2-7-17(16)25/h1-7,12-13,23H,8-11H2. The topological polar surface area (TPSA) is 63.6 Å². The number of hydrogen-bond acceptors (Lipinski definition) is 5. The molecule has 1 aliphatic rings. The minimum atomic E-state index is -4.90. The molecule has 1 saturated heterocycles. The molecular weight excluding hydrogens is 407 g/mol. The number of para-hydroxylation sites is 1. The van der Waals surface area contributed by atoms with E-state index in [0.717, 1.165) is 53.4 Å². The average molecular weight is 425 g/mol. The van der Waals surface area contributed by atoms with Gasteiger partial charge >= 0.3 is 6.36 Å². The Morgan fingerprint density at radius 2 is 1.72 bits per heavy atom. The number of nitrogens with one attached hydrogen (secondary N) is 1. The molecule has 1 aromatic heterocycles. The Morgan fingerprint density at radius 1 is 1.00 bits per heavy atom. The first-order valence-electron chi connectivity index (χ1n) is 8.93. The molecule has 10 heteroatoms. The lowest BCUT2D eigenvalue weighted by Gasteiger charge is -2.28. The van der Waals surface area contributed by atoms with Crippen LogP contribution in [0.25, 0.3) is 10.9 Å². The second-order valence-corrected chi connectivity index (χ2v) is 8.41. The summed E-state index contributed by atoms with van der Waals surface area (Å²) >= 11 is 0. The minimum Gasteiger partial charge on any atom is -0.406 e. The zero-order chi connectivity index (χ0) is 20.6. The lowest BCUT2D eigenvalue weighted by molar-refractivity contribution is -0.274. The third kappa shape index (κ3) is 3.90. The van der Waals surface area contributed by atoms with Gasteiger partial charge in [-0.1, -0.05) is 24.3 Å². The fourth-order valence-corrected chi connectivity index (χ4v) is 4.83. The Morgan fingerprint density at radius 3 is 2.45 bits per heavy atom. The van der Waals surface area contributed by atoms with Crippen LogP contribution in [0.15, 0.2) is 59.6 Å². The SMILES string of the molecule is O=S(=O)(c1cccc(OC(F)(F)F)c1)n1cc(N2CCNCC2)c2ccccc21. The fourth-order valence-electron chi connectivity index (χ4n) is 3.43. The summed E-state index contributed by atoms with van der Waals surface area (Å²) in [6.07, 6.45) is -3.37. The highest BCUT2D eigenvalue weighted by Crippen LogP contribution is 2.33. The van der Waals surface area contributed by atoms with Crippen molar-refractivity contribution >= 4 is 26.6 Å². The number of alkyl halides is 3. The Bertz CT molecular complexity index is 1140. The second kappa shape index (κ2) is 7.27. The van der Waals surface area contributed by atoms with E-state index in [9.17, 15) is 21.6 Å². The van der Waals surface area contributed by atoms with Crippen LogP contribution in [0.1, 0.15) is 0 Å². The number of ether oxygens (including phenoxy) is 1. The summed E-state index contributed by atoms with van der Waals surface area (Å²) in [6.45, 7) is 3.01. The first kappa shape index (κ1) is 19.6. The van der Waals surface area contributed by atoms with E-state index in [1.54, 1.807) is 12.1 Å². The summed E-state index contributed by atoms with van der Waals surface area (Å²) < 4.78 is 69.1. The van der Waals surface area contributed by atoms with Gasteiger partial charge in [0.05, 0.1) is 16.1 Å². The molecule has 1 N–H and O–H groups in total. The number of anilines is 1. The van der Waals surface area contributed by atoms with Crippen LogP contribution in [0.5, 0.6) is 5.75 Å². The van der Waals surface area contributed by atoms with Crippen molar-refractivity contribution in [1.29, 1.82) is 0 Å². The van der Waals surface area contributed by atoms with Gasteiger partial charge in [-0.05, 0) is 18.2 Å². The molecule has 0 bridgehead atoms. The van der Waals surface area contributed by atoms with Crippen molar-refractivity contribution in [2.75, 3.05) is 31.1 Å². The zero-order valence-electron chi connectivity index (χ0n) is 15.2. The number of rotatable bonds is 4. The van der Waals surface area contributed by atoms with Gasteiger partial charge in [-0.25, -0.2) is 12.4 Å². The molecule has 4 rings (SSSR count). The van der Waals surface area contributed by atoms with Gasteiger partial charge in [-0.3, -0.25) is 0 Å². The molecule has 3 aromatic rings. The summed E-state index contributed by atoms with van der Waals surface area (Å²) in [5.41, 5.74) is 1.23. The van der Waals surface area contributed by atoms with Gasteiger partial charge in [0.25, 0.3) is 10.0 Å². The van der Waals surface area contributed by atoms with Crippen LogP contribution in [0, 0.1) is 0 Å². The maximum absolute atomic E-state index is 13.3. The third-order valence-electron chi connectivity index (χ3n) is 4.71. The highest BCUT2D eigenvalue weighted by Gasteiger charge is 2.32. The smallest absolute Gasteiger partial charge is 0.406 e. The molecule has 0 unspecified atom stereocenters. The molecule has 2 aromatic carbocycles. The fraction of sp³-hybridized carbons (Fsp3) is 0.263. The Hall–Kier alpha value is -2.72. The van der Waals surface area contributed by atoms with Gasteiger partial charge in [0.15, 0.2) is 0 Å². The van der Waals surface area contributed by atoms with E-state index in [4.69, 9.17) is 0 Å². The predicted octanol–water partition coefficient (Wildman–Crippen LogP) is 3.19. The average Bonchev–Trinajstić information content (AvgIpc) is 3.08. The second-order valence-electron chi connectivity index (χ2n) is 6.59. The summed E-state index contributed by atoms with van der Waals surface area (Å²) in [5, 5.41) is 4.01. The van der Waals surface area contributed by atoms with Gasteiger partial charge < -0.3 is 15.0 Å². The monoisotopic (exact) mass is 425 g/mol. The van der Waals surface area contributed by atoms with E-state index in [2.05, 4.69) is 15.0 Å². The number of piperazine rings is 1. The summed E-state index contributed by atoms with van der Waals surface area (Å²) in [6, 6.07) is 11.5. The van der Waals surface area contributed by atoms with Gasteiger partial charge in [0.2, 0.25) is 0 Å². The highest BCUT2D eigenvalue weighted by molar-refractivity contribution is 7.90. The first-order chi connectivity index (χ1) is 13.8. The van der Waals surface area contributed by atoms with Crippen LogP contribution >= 0.6 is 0 Å². The van der Waals surface area contributed by atoms with Crippen molar-refractivity contribution < 1.29 is 26.3 Å². The number of benzene rings is 2. The van der Waals surface area contributed by atoms with Crippen molar-refractivity contribution in [1.82, 2.24) is 9.29 Å². The quantitative estimate of drug-likeness (QED) is 0.696. The maximum atomic E-state index is 13.3. The van der Waals surface area contributed by atoms with E-state index in [1.807, 2.05) is 12.1 Å². The zero-order valence-corrected chi connectivity index (χ0v) is 16.0. The van der Waals surface area contributed by atoms with E-state index >= 15 is 0 Å². The van der Waals surface area contributed by atoms with E-state index in [1.165, 1.54) is 18.3 Å². The third-order valence-corrected chi connectivity index (χ3v) is 6.38. The molecule has 0 aliphatic carbocycles. The van der Waals surface area contributed by atoms with Crippen molar-refractivity contribution in [2.24, 2.45) is 0 Å². The molecule has 0 amide bonds. The Labute approximate surface area is 165 Å². The van der Waals surface area contributed by atoms with Crippen LogP contribution < -0.4 is 15.0 Å². The van der Waals surface area contributed by atoms with Crippen molar-refractivity contribution in [3.63, 3.8) is 0 Å². The Kier molecular flexibility index (Phi) is 4.91.